The first kappa shape index (κ1) is 28.4. The van der Waals surface area contributed by atoms with Crippen LogP contribution in [0.15, 0.2) is 88.3 Å². The summed E-state index contributed by atoms with van der Waals surface area (Å²) >= 11 is 7.40. The Balaban J connectivity index is 1.65. The molecule has 0 unspecified atom stereocenters. The van der Waals surface area contributed by atoms with E-state index >= 15 is 0 Å². The second-order valence-electron chi connectivity index (χ2n) is 9.61. The van der Waals surface area contributed by atoms with E-state index in [2.05, 4.69) is 22.2 Å². The number of fused-ring (bicyclic) bond motifs is 1. The van der Waals surface area contributed by atoms with Crippen molar-refractivity contribution >= 4 is 35.0 Å². The van der Waals surface area contributed by atoms with Gasteiger partial charge in [0.15, 0.2) is 4.80 Å². The molecule has 0 N–H and O–H groups in total. The van der Waals surface area contributed by atoms with Gasteiger partial charge < -0.3 is 14.0 Å². The van der Waals surface area contributed by atoms with E-state index in [1.807, 2.05) is 68.5 Å². The van der Waals surface area contributed by atoms with E-state index in [1.165, 1.54) is 11.3 Å². The number of rotatable bonds is 8. The van der Waals surface area contributed by atoms with Gasteiger partial charge in [-0.1, -0.05) is 47.7 Å². The molecule has 0 amide bonds. The highest BCUT2D eigenvalue weighted by Gasteiger charge is 2.33. The molecule has 1 aliphatic rings. The fourth-order valence-corrected chi connectivity index (χ4v) is 6.23. The van der Waals surface area contributed by atoms with Crippen molar-refractivity contribution in [3.05, 3.63) is 126 Å². The van der Waals surface area contributed by atoms with Gasteiger partial charge in [-0.05, 0) is 87.4 Å². The van der Waals surface area contributed by atoms with Crippen LogP contribution in [0.1, 0.15) is 42.4 Å². The van der Waals surface area contributed by atoms with Gasteiger partial charge in [0.1, 0.15) is 12.4 Å². The summed E-state index contributed by atoms with van der Waals surface area (Å²) < 4.78 is 15.3. The van der Waals surface area contributed by atoms with Crippen molar-refractivity contribution < 1.29 is 14.3 Å². The molecule has 2 aromatic heterocycles. The molecule has 0 radical (unpaired) electrons. The zero-order valence-corrected chi connectivity index (χ0v) is 24.9. The number of carbonyl (C=O) groups excluding carboxylic acids is 1. The smallest absolute Gasteiger partial charge is 0.338 e. The Bertz CT molecular complexity index is 1840. The van der Waals surface area contributed by atoms with Crippen molar-refractivity contribution in [2.45, 2.75) is 33.7 Å². The number of allylic oxidation sites excluding steroid dienone is 1. The van der Waals surface area contributed by atoms with Gasteiger partial charge in [0, 0.05) is 22.1 Å². The maximum Gasteiger partial charge on any atom is 0.338 e. The monoisotopic (exact) mass is 587 g/mol. The lowest BCUT2D eigenvalue weighted by molar-refractivity contribution is -0.139. The first-order chi connectivity index (χ1) is 19.7. The molecule has 41 heavy (non-hydrogen) atoms. The molecule has 0 spiro atoms. The number of aryl methyl sites for hydroxylation is 1. The van der Waals surface area contributed by atoms with Crippen LogP contribution in [0.25, 0.3) is 11.8 Å². The van der Waals surface area contributed by atoms with Crippen molar-refractivity contribution in [3.63, 3.8) is 0 Å². The Kier molecular flexibility index (Phi) is 8.15. The van der Waals surface area contributed by atoms with Crippen molar-refractivity contribution in [1.82, 2.24) is 9.13 Å². The molecule has 0 bridgehead atoms. The molecule has 0 saturated heterocycles. The van der Waals surface area contributed by atoms with E-state index in [-0.39, 0.29) is 12.2 Å². The predicted octanol–water partition coefficient (Wildman–Crippen LogP) is 5.42. The largest absolute Gasteiger partial charge is 0.490 e. The van der Waals surface area contributed by atoms with Gasteiger partial charge in [-0.2, -0.15) is 0 Å². The van der Waals surface area contributed by atoms with E-state index < -0.39 is 12.0 Å². The highest BCUT2D eigenvalue weighted by molar-refractivity contribution is 7.07. The third-order valence-electron chi connectivity index (χ3n) is 6.92. The third kappa shape index (κ3) is 5.45. The van der Waals surface area contributed by atoms with Crippen LogP contribution < -0.4 is 19.6 Å². The van der Waals surface area contributed by atoms with Gasteiger partial charge >= 0.3 is 5.97 Å². The molecule has 2 aromatic carbocycles. The van der Waals surface area contributed by atoms with E-state index in [0.717, 1.165) is 28.2 Å². The first-order valence-electron chi connectivity index (χ1n) is 13.2. The maximum atomic E-state index is 14.0. The maximum absolute atomic E-state index is 14.0. The summed E-state index contributed by atoms with van der Waals surface area (Å²) in [5.41, 5.74) is 5.32. The molecule has 210 valence electrons. The average molecular weight is 588 g/mol. The highest BCUT2D eigenvalue weighted by atomic mass is 35.5. The van der Waals surface area contributed by atoms with E-state index in [1.54, 1.807) is 24.5 Å². The molecule has 3 heterocycles. The third-order valence-corrected chi connectivity index (χ3v) is 8.16. The molecule has 4 aromatic rings. The summed E-state index contributed by atoms with van der Waals surface area (Å²) in [7, 11) is 0. The van der Waals surface area contributed by atoms with Gasteiger partial charge in [-0.15, -0.1) is 0 Å². The minimum atomic E-state index is -0.692. The molecule has 7 nitrogen and oxygen atoms in total. The molecular weight excluding hydrogens is 558 g/mol. The zero-order chi connectivity index (χ0) is 29.3. The lowest BCUT2D eigenvalue weighted by Gasteiger charge is -2.24. The number of esters is 1. The summed E-state index contributed by atoms with van der Waals surface area (Å²) in [5.74, 6) is 0.169. The molecular formula is C32H30ClN3O4S. The predicted molar refractivity (Wildman–Crippen MR) is 163 cm³/mol. The van der Waals surface area contributed by atoms with Crippen LogP contribution >= 0.6 is 22.9 Å². The summed E-state index contributed by atoms with van der Waals surface area (Å²) in [6, 6.07) is 16.4. The van der Waals surface area contributed by atoms with Crippen molar-refractivity contribution in [2.24, 2.45) is 4.99 Å². The lowest BCUT2D eigenvalue weighted by atomic mass is 9.96. The molecule has 0 saturated carbocycles. The zero-order valence-electron chi connectivity index (χ0n) is 23.3. The van der Waals surface area contributed by atoms with E-state index in [4.69, 9.17) is 21.1 Å². The number of hydrogen-bond acceptors (Lipinski definition) is 6. The van der Waals surface area contributed by atoms with Gasteiger partial charge in [-0.25, -0.2) is 9.79 Å². The van der Waals surface area contributed by atoms with Crippen molar-refractivity contribution in [1.29, 1.82) is 0 Å². The SMILES string of the molecule is C=CCOc1ccc([C@@H]2C(C(=O)OCC)=C(C)N=c3s/c(=C\c4cc(C)n(-c5ccc(Cl)cc5)c4C)c(=O)n32)cc1. The summed E-state index contributed by atoms with van der Waals surface area (Å²) in [6.45, 7) is 11.8. The number of benzene rings is 2. The Morgan fingerprint density at radius 2 is 1.83 bits per heavy atom. The topological polar surface area (TPSA) is 74.8 Å². The number of thiazole rings is 1. The second kappa shape index (κ2) is 11.8. The first-order valence-corrected chi connectivity index (χ1v) is 14.4. The molecule has 0 aliphatic carbocycles. The second-order valence-corrected chi connectivity index (χ2v) is 11.1. The molecule has 1 atom stereocenters. The molecule has 0 fully saturated rings. The lowest BCUT2D eigenvalue weighted by Crippen LogP contribution is -2.39. The fraction of sp³-hybridized carbons (Fsp3) is 0.219. The van der Waals surface area contributed by atoms with Crippen LogP contribution in [-0.2, 0) is 9.53 Å². The number of halogens is 1. The highest BCUT2D eigenvalue weighted by Crippen LogP contribution is 2.32. The number of carbonyl (C=O) groups is 1. The van der Waals surface area contributed by atoms with Crippen LogP contribution in [0.4, 0.5) is 0 Å². The normalized spacial score (nSPS) is 15.0. The van der Waals surface area contributed by atoms with Crippen molar-refractivity contribution in [3.8, 4) is 11.4 Å². The Morgan fingerprint density at radius 3 is 2.49 bits per heavy atom. The Hall–Kier alpha value is -4.14. The average Bonchev–Trinajstić information content (AvgIpc) is 3.41. The van der Waals surface area contributed by atoms with Gasteiger partial charge in [0.25, 0.3) is 5.56 Å². The van der Waals surface area contributed by atoms with Crippen LogP contribution in [-0.4, -0.2) is 28.3 Å². The molecule has 1 aliphatic heterocycles. The summed E-state index contributed by atoms with van der Waals surface area (Å²) in [4.78, 5) is 32.4. The van der Waals surface area contributed by atoms with Crippen LogP contribution in [0, 0.1) is 13.8 Å². The minimum absolute atomic E-state index is 0.213. The van der Waals surface area contributed by atoms with Crippen LogP contribution in [0.2, 0.25) is 5.02 Å². The summed E-state index contributed by atoms with van der Waals surface area (Å²) in [5, 5.41) is 0.670. The standard InChI is InChI=1S/C32H30ClN3O4S/c1-6-16-40-26-14-8-22(9-15-26)29-28(31(38)39-7-2)20(4)34-32-36(29)30(37)27(41-32)18-23-17-19(3)35(21(23)5)25-12-10-24(33)11-13-25/h6,8-15,17-18,29H,1,7,16H2,2-5H3/b27-18-/t29-/m1/s1. The molecule has 5 rings (SSSR count). The summed E-state index contributed by atoms with van der Waals surface area (Å²) in [6.07, 6.45) is 3.56. The number of aromatic nitrogens is 2. The van der Waals surface area contributed by atoms with E-state index in [0.29, 0.717) is 38.0 Å². The van der Waals surface area contributed by atoms with Crippen LogP contribution in [0.3, 0.4) is 0 Å². The molecule has 9 heteroatoms. The van der Waals surface area contributed by atoms with Gasteiger partial charge in [0.2, 0.25) is 0 Å². The minimum Gasteiger partial charge on any atom is -0.490 e. The van der Waals surface area contributed by atoms with Gasteiger partial charge in [0.05, 0.1) is 28.5 Å². The Morgan fingerprint density at radius 1 is 1.12 bits per heavy atom. The fourth-order valence-electron chi connectivity index (χ4n) is 5.07. The van der Waals surface area contributed by atoms with Crippen molar-refractivity contribution in [2.75, 3.05) is 13.2 Å². The number of nitrogens with zero attached hydrogens (tertiary/aromatic N) is 3. The van der Waals surface area contributed by atoms with Crippen LogP contribution in [0.5, 0.6) is 5.75 Å². The quantitative estimate of drug-likeness (QED) is 0.204. The Labute approximate surface area is 247 Å². The number of hydrogen-bond donors (Lipinski definition) is 0. The van der Waals surface area contributed by atoms with E-state index in [9.17, 15) is 9.59 Å². The number of ether oxygens (including phenoxy) is 2. The van der Waals surface area contributed by atoms with Gasteiger partial charge in [-0.3, -0.25) is 9.36 Å².